The summed E-state index contributed by atoms with van der Waals surface area (Å²) in [4.78, 5) is 70.9. The molecule has 472 valence electrons. The second-order valence-electron chi connectivity index (χ2n) is 21.2. The van der Waals surface area contributed by atoms with Gasteiger partial charge in [0.15, 0.2) is 22.3 Å². The molecule has 6 aromatic heterocycles. The van der Waals surface area contributed by atoms with Crippen molar-refractivity contribution in [3.8, 4) is 11.5 Å². The quantitative estimate of drug-likeness (QED) is 0.0688. The Bertz CT molecular complexity index is 3720. The molecule has 0 radical (unpaired) electrons. The molecular formula is C58H82N16O12S. The number of benzene rings is 2. The maximum atomic E-state index is 11.3. The lowest BCUT2D eigenvalue weighted by atomic mass is 9.76. The van der Waals surface area contributed by atoms with E-state index in [1.165, 1.54) is 47.5 Å². The first-order valence-electron chi connectivity index (χ1n) is 28.2. The Morgan fingerprint density at radius 3 is 1.28 bits per heavy atom. The summed E-state index contributed by atoms with van der Waals surface area (Å²) in [6.07, 6.45) is 16.5. The van der Waals surface area contributed by atoms with E-state index >= 15 is 0 Å². The number of nitrogens with two attached hydrogens (primary N) is 4. The van der Waals surface area contributed by atoms with Crippen LogP contribution >= 0.6 is 0 Å². The topological polar surface area (TPSA) is 415 Å². The molecule has 10 atom stereocenters. The summed E-state index contributed by atoms with van der Waals surface area (Å²) >= 11 is 0. The average molecular weight is 1230 g/mol. The van der Waals surface area contributed by atoms with Gasteiger partial charge in [0.05, 0.1) is 50.1 Å². The predicted molar refractivity (Wildman–Crippen MR) is 334 cm³/mol. The smallest absolute Gasteiger partial charge is 0.394 e. The van der Waals surface area contributed by atoms with Gasteiger partial charge in [-0.1, -0.05) is 12.2 Å². The number of aliphatic hydroxyl groups excluding tert-OH is 2. The van der Waals surface area contributed by atoms with Gasteiger partial charge in [-0.3, -0.25) is 57.6 Å². The number of hydrogen-bond donors (Lipinski definition) is 10. The molecule has 8 aromatic rings. The van der Waals surface area contributed by atoms with Crippen LogP contribution in [0.3, 0.4) is 0 Å². The lowest BCUT2D eigenvalue weighted by Gasteiger charge is -2.51. The fourth-order valence-corrected chi connectivity index (χ4v) is 11.5. The van der Waals surface area contributed by atoms with Crippen LogP contribution in [0.25, 0.3) is 44.1 Å². The summed E-state index contributed by atoms with van der Waals surface area (Å²) < 4.78 is 48.0. The van der Waals surface area contributed by atoms with E-state index in [0.717, 1.165) is 70.4 Å². The molecule has 28 nitrogen and oxygen atoms in total. The van der Waals surface area contributed by atoms with Crippen molar-refractivity contribution in [1.29, 1.82) is 0 Å². The average Bonchev–Trinajstić information content (AvgIpc) is 2.23. The molecular weight excluding hydrogens is 1140 g/mol. The van der Waals surface area contributed by atoms with Gasteiger partial charge in [-0.2, -0.15) is 8.42 Å². The summed E-state index contributed by atoms with van der Waals surface area (Å²) in [6.45, 7) is 12.5. The van der Waals surface area contributed by atoms with Crippen molar-refractivity contribution in [3.05, 3.63) is 152 Å². The number of aromatic nitrogens is 10. The summed E-state index contributed by atoms with van der Waals surface area (Å²) in [5.41, 5.74) is 23.2. The van der Waals surface area contributed by atoms with Crippen LogP contribution in [0.4, 0.5) is 0 Å². The second-order valence-corrected chi connectivity index (χ2v) is 22.1. The molecule has 6 fully saturated rings. The molecule has 0 spiro atoms. The van der Waals surface area contributed by atoms with Gasteiger partial charge < -0.3 is 51.8 Å². The summed E-state index contributed by atoms with van der Waals surface area (Å²) in [5, 5.41) is 24.3. The Morgan fingerprint density at radius 1 is 0.609 bits per heavy atom. The number of nitrogens with one attached hydrogen (secondary N) is 2. The van der Waals surface area contributed by atoms with Crippen LogP contribution in [0.5, 0.6) is 11.5 Å². The zero-order valence-electron chi connectivity index (χ0n) is 49.8. The monoisotopic (exact) mass is 1230 g/mol. The Labute approximate surface area is 502 Å². The minimum atomic E-state index is -4.67. The van der Waals surface area contributed by atoms with Crippen LogP contribution in [-0.4, -0.2) is 163 Å². The van der Waals surface area contributed by atoms with E-state index in [-0.39, 0.29) is 12.1 Å². The fraction of sp³-hybridized carbons (Fsp3) is 0.448. The SMILES string of the molecule is C=C[C@@H]1C[C@H]2CCN1[C@H]([C@H](O)c1ccnc3ccc(OC)cc13)C2.C=C[C@@H]1C[C@H]2CCN1[C@H]([C@H](O)c1ccnc3ccc(OC)cc13)C2.Cn1cnc2c1c(=O)[nH]c(=O)n2C.Cn1cnc2c1c(=O)[nH]c(=O)n2C.NCCN.NCCN.O=S(=O)(O)O. The van der Waals surface area contributed by atoms with Gasteiger partial charge in [0, 0.05) is 102 Å². The van der Waals surface area contributed by atoms with E-state index in [1.54, 1.807) is 63.9 Å². The molecule has 0 saturated carbocycles. The number of aromatic amines is 2. The van der Waals surface area contributed by atoms with E-state index in [4.69, 9.17) is 49.9 Å². The molecule has 2 unspecified atom stereocenters. The maximum Gasteiger partial charge on any atom is 0.394 e. The number of rotatable bonds is 10. The Hall–Kier alpha value is -7.81. The Balaban J connectivity index is 0.000000178. The van der Waals surface area contributed by atoms with E-state index < -0.39 is 45.1 Å². The van der Waals surface area contributed by atoms with Gasteiger partial charge in [-0.05, 0) is 123 Å². The van der Waals surface area contributed by atoms with Crippen LogP contribution in [-0.2, 0) is 38.6 Å². The summed E-state index contributed by atoms with van der Waals surface area (Å²) in [6, 6.07) is 16.6. The minimum absolute atomic E-state index is 0.150. The largest absolute Gasteiger partial charge is 0.497 e. The highest BCUT2D eigenvalue weighted by Crippen LogP contribution is 2.44. The normalized spacial score (nSPS) is 21.3. The number of ether oxygens (including phenoxy) is 2. The third-order valence-corrected chi connectivity index (χ3v) is 15.8. The van der Waals surface area contributed by atoms with Gasteiger partial charge in [-0.15, -0.1) is 13.2 Å². The predicted octanol–water partition coefficient (Wildman–Crippen LogP) is 1.71. The van der Waals surface area contributed by atoms with Crippen LogP contribution in [0.15, 0.2) is 118 Å². The molecule has 6 saturated heterocycles. The highest BCUT2D eigenvalue weighted by molar-refractivity contribution is 7.79. The standard InChI is InChI=1S/2C20H24N2O2.2C7H8N4O2.2C2H8N2.H2O4S/c2*1-3-14-10-13-7-9-22(14)19(11-13)20(23)16-6-8-21-18-5-4-15(24-2)12-17(16)18;2*1-10-3-8-5-4(10)6(12)9-7(13)11(5)2;2*3-1-2-4;1-5(2,3)4/h2*3-6,8,12-14,19-20,23H,1,7,9-11H2,2H3;2*3H,1-2H3,(H,9,12,13);2*1-4H2;(H2,1,2,3,4)/t2*13-,14-,19+,20-;;;;;/m11...../s1. The minimum Gasteiger partial charge on any atom is -0.497 e. The van der Waals surface area contributed by atoms with Gasteiger partial charge in [-0.25, -0.2) is 19.6 Å². The zero-order chi connectivity index (χ0) is 63.9. The first kappa shape index (κ1) is 68.3. The lowest BCUT2D eigenvalue weighted by Crippen LogP contribution is -2.55. The maximum absolute atomic E-state index is 11.3. The van der Waals surface area contributed by atoms with Gasteiger partial charge >= 0.3 is 21.8 Å². The first-order valence-corrected chi connectivity index (χ1v) is 29.6. The van der Waals surface area contributed by atoms with Gasteiger partial charge in [0.2, 0.25) is 0 Å². The molecule has 4 bridgehead atoms. The van der Waals surface area contributed by atoms with Gasteiger partial charge in [0.1, 0.15) is 11.5 Å². The molecule has 14 N–H and O–H groups in total. The van der Waals surface area contributed by atoms with Crippen molar-refractivity contribution < 1.29 is 37.2 Å². The number of piperidine rings is 6. The van der Waals surface area contributed by atoms with E-state index in [1.807, 2.05) is 60.7 Å². The number of aryl methyl sites for hydroxylation is 4. The molecule has 6 aliphatic heterocycles. The Morgan fingerprint density at radius 2 is 0.966 bits per heavy atom. The number of hydrogen-bond acceptors (Lipinski definition) is 20. The molecule has 2 aromatic carbocycles. The second kappa shape index (κ2) is 31.2. The van der Waals surface area contributed by atoms with E-state index in [0.29, 0.717) is 72.4 Å². The van der Waals surface area contributed by atoms with Crippen molar-refractivity contribution in [3.63, 3.8) is 0 Å². The molecule has 87 heavy (non-hydrogen) atoms. The van der Waals surface area contributed by atoms with Crippen molar-refractivity contribution in [1.82, 2.24) is 58.0 Å². The van der Waals surface area contributed by atoms with Crippen LogP contribution < -0.4 is 54.9 Å². The zero-order valence-corrected chi connectivity index (χ0v) is 50.7. The number of H-pyrrole nitrogens is 2. The summed E-state index contributed by atoms with van der Waals surface area (Å²) in [5.74, 6) is 2.97. The van der Waals surface area contributed by atoms with Crippen molar-refractivity contribution in [2.45, 2.75) is 74.9 Å². The van der Waals surface area contributed by atoms with Crippen LogP contribution in [0.1, 0.15) is 61.9 Å². The van der Waals surface area contributed by atoms with Crippen LogP contribution in [0, 0.1) is 11.8 Å². The molecule has 12 heterocycles. The van der Waals surface area contributed by atoms with Gasteiger partial charge in [0.25, 0.3) is 11.1 Å². The number of imidazole rings is 2. The number of pyridine rings is 2. The fourth-order valence-electron chi connectivity index (χ4n) is 11.5. The number of nitrogens with zero attached hydrogens (tertiary/aromatic N) is 10. The molecule has 0 amide bonds. The molecule has 29 heteroatoms. The van der Waals surface area contributed by atoms with Crippen molar-refractivity contribution in [2.75, 3.05) is 53.5 Å². The number of fused-ring (bicyclic) bond motifs is 10. The third kappa shape index (κ3) is 16.8. The van der Waals surface area contributed by atoms with E-state index in [9.17, 15) is 29.4 Å². The van der Waals surface area contributed by atoms with Crippen molar-refractivity contribution >= 4 is 54.5 Å². The molecule has 14 rings (SSSR count). The first-order chi connectivity index (χ1) is 41.5. The van der Waals surface area contributed by atoms with Crippen LogP contribution in [0.2, 0.25) is 0 Å². The lowest BCUT2D eigenvalue weighted by molar-refractivity contribution is -0.0473. The Kier molecular flexibility index (Phi) is 24.5. The van der Waals surface area contributed by atoms with E-state index in [2.05, 4.69) is 52.9 Å². The summed E-state index contributed by atoms with van der Waals surface area (Å²) in [7, 11) is 5.19. The highest BCUT2D eigenvalue weighted by atomic mass is 32.3. The third-order valence-electron chi connectivity index (χ3n) is 15.8. The molecule has 0 aliphatic carbocycles. The van der Waals surface area contributed by atoms with Crippen molar-refractivity contribution in [2.24, 2.45) is 63.0 Å². The highest BCUT2D eigenvalue weighted by Gasteiger charge is 2.44. The number of methoxy groups -OCH3 is 2. The molecule has 6 aliphatic rings. The number of aliphatic hydroxyl groups is 2.